The highest BCUT2D eigenvalue weighted by Gasteiger charge is 2.28. The first kappa shape index (κ1) is 36.0. The van der Waals surface area contributed by atoms with Crippen LogP contribution in [0.2, 0.25) is 0 Å². The Bertz CT molecular complexity index is 771. The number of aliphatic hydroxyl groups excluding tert-OH is 1. The molecule has 0 saturated heterocycles. The molecule has 0 aromatic carbocycles. The topological polar surface area (TPSA) is 169 Å². The normalized spacial score (nSPS) is 14.8. The van der Waals surface area contributed by atoms with Crippen LogP contribution < -0.4 is 5.32 Å². The smallest absolute Gasteiger partial charge is 0.472 e. The first-order valence-electron chi connectivity index (χ1n) is 13.3. The average Bonchev–Trinajstić information content (AvgIpc) is 2.86. The van der Waals surface area contributed by atoms with Crippen LogP contribution in [0.5, 0.6) is 0 Å². The van der Waals surface area contributed by atoms with Crippen LogP contribution in [0, 0.1) is 0 Å². The van der Waals surface area contributed by atoms with Crippen LogP contribution in [0.25, 0.3) is 0 Å². The van der Waals surface area contributed by atoms with Crippen LogP contribution in [-0.2, 0) is 32.7 Å². The second-order valence-electron chi connectivity index (χ2n) is 8.96. The van der Waals surface area contributed by atoms with E-state index < -0.39 is 57.6 Å². The summed E-state index contributed by atoms with van der Waals surface area (Å²) in [7, 11) is -4.71. The molecule has 4 N–H and O–H groups in total. The van der Waals surface area contributed by atoms with Gasteiger partial charge in [-0.25, -0.2) is 9.36 Å². The van der Waals surface area contributed by atoms with Gasteiger partial charge in [-0.1, -0.05) is 63.3 Å². The lowest BCUT2D eigenvalue weighted by Crippen LogP contribution is -2.43. The second-order valence-corrected chi connectivity index (χ2v) is 10.4. The molecular formula is C26H46NO10P. The van der Waals surface area contributed by atoms with Crippen molar-refractivity contribution in [3.63, 3.8) is 0 Å². The lowest BCUT2D eigenvalue weighted by Gasteiger charge is -2.18. The maximum absolute atomic E-state index is 12.1. The van der Waals surface area contributed by atoms with Gasteiger partial charge in [0.25, 0.3) is 0 Å². The first-order chi connectivity index (χ1) is 18.1. The minimum Gasteiger partial charge on any atom is -0.480 e. The second kappa shape index (κ2) is 22.9. The fraction of sp³-hybridized carbons (Fsp3) is 0.731. The Morgan fingerprint density at radius 1 is 0.868 bits per heavy atom. The van der Waals surface area contributed by atoms with E-state index in [1.165, 1.54) is 19.3 Å². The maximum Gasteiger partial charge on any atom is 0.472 e. The molecule has 38 heavy (non-hydrogen) atoms. The minimum absolute atomic E-state index is 0.129. The third-order valence-corrected chi connectivity index (χ3v) is 6.25. The molecule has 1 amide bonds. The summed E-state index contributed by atoms with van der Waals surface area (Å²) in [5, 5.41) is 21.1. The molecule has 0 spiro atoms. The predicted octanol–water partition coefficient (Wildman–Crippen LogP) is 4.43. The molecule has 0 radical (unpaired) electrons. The molecule has 3 unspecified atom stereocenters. The van der Waals surface area contributed by atoms with Crippen molar-refractivity contribution in [2.24, 2.45) is 0 Å². The molecule has 0 aromatic rings. The predicted molar refractivity (Wildman–Crippen MR) is 143 cm³/mol. The number of allylic oxidation sites excluding steroid dienone is 4. The number of phosphoric acid groups is 1. The Kier molecular flexibility index (Phi) is 21.7. The molecule has 0 aromatic heterocycles. The number of hydrogen-bond donors (Lipinski definition) is 4. The Labute approximate surface area is 226 Å². The fourth-order valence-electron chi connectivity index (χ4n) is 3.19. The first-order valence-corrected chi connectivity index (χ1v) is 14.8. The van der Waals surface area contributed by atoms with Crippen LogP contribution in [0.4, 0.5) is 0 Å². The van der Waals surface area contributed by atoms with E-state index in [0.717, 1.165) is 51.9 Å². The molecule has 0 aliphatic heterocycles. The molecule has 0 rings (SSSR count). The third kappa shape index (κ3) is 23.1. The van der Waals surface area contributed by atoms with Crippen molar-refractivity contribution >= 4 is 25.7 Å². The quantitative estimate of drug-likeness (QED) is 0.0570. The monoisotopic (exact) mass is 563 g/mol. The third-order valence-electron chi connectivity index (χ3n) is 5.30. The SMILES string of the molecule is CCCCC/C=C\C/C=C\CCCCCCCC(=O)NC(COP(=O)(O)OCC(O)COC(C)=O)C(=O)O. The summed E-state index contributed by atoms with van der Waals surface area (Å²) in [6.45, 7) is 1.39. The number of carbonyl (C=O) groups excluding carboxylic acids is 2. The number of carboxylic acids is 1. The van der Waals surface area contributed by atoms with E-state index in [4.69, 9.17) is 0 Å². The van der Waals surface area contributed by atoms with Gasteiger partial charge in [-0.3, -0.25) is 18.6 Å². The van der Waals surface area contributed by atoms with Crippen molar-refractivity contribution in [1.82, 2.24) is 5.32 Å². The number of aliphatic hydroxyl groups is 1. The van der Waals surface area contributed by atoms with E-state index in [-0.39, 0.29) is 6.42 Å². The Hall–Kier alpha value is -2.04. The highest BCUT2D eigenvalue weighted by Crippen LogP contribution is 2.43. The van der Waals surface area contributed by atoms with Crippen LogP contribution in [-0.4, -0.2) is 64.9 Å². The van der Waals surface area contributed by atoms with E-state index in [1.807, 2.05) is 0 Å². The Morgan fingerprint density at radius 2 is 1.45 bits per heavy atom. The number of carboxylic acid groups (broad SMARTS) is 1. The van der Waals surface area contributed by atoms with Crippen molar-refractivity contribution in [2.45, 2.75) is 103 Å². The molecule has 0 saturated carbocycles. The Balaban J connectivity index is 4.00. The van der Waals surface area contributed by atoms with Gasteiger partial charge in [0.1, 0.15) is 12.7 Å². The zero-order chi connectivity index (χ0) is 28.7. The number of ether oxygens (including phenoxy) is 1. The fourth-order valence-corrected chi connectivity index (χ4v) is 3.96. The lowest BCUT2D eigenvalue weighted by atomic mass is 10.1. The van der Waals surface area contributed by atoms with Crippen molar-refractivity contribution in [3.8, 4) is 0 Å². The lowest BCUT2D eigenvalue weighted by molar-refractivity contribution is -0.144. The van der Waals surface area contributed by atoms with Gasteiger partial charge in [0.05, 0.1) is 13.2 Å². The summed E-state index contributed by atoms with van der Waals surface area (Å²) in [5.41, 5.74) is 0. The van der Waals surface area contributed by atoms with Crippen LogP contribution in [0.15, 0.2) is 24.3 Å². The van der Waals surface area contributed by atoms with Crippen LogP contribution in [0.3, 0.4) is 0 Å². The molecule has 12 heteroatoms. The Morgan fingerprint density at radius 3 is 2.05 bits per heavy atom. The summed E-state index contributed by atoms with van der Waals surface area (Å²) < 4.78 is 25.6. The van der Waals surface area contributed by atoms with Crippen LogP contribution >= 0.6 is 7.82 Å². The van der Waals surface area contributed by atoms with E-state index in [2.05, 4.69) is 50.3 Å². The number of carbonyl (C=O) groups is 3. The van der Waals surface area contributed by atoms with Gasteiger partial charge in [-0.15, -0.1) is 0 Å². The zero-order valence-electron chi connectivity index (χ0n) is 22.7. The zero-order valence-corrected chi connectivity index (χ0v) is 23.6. The number of rotatable bonds is 24. The summed E-state index contributed by atoms with van der Waals surface area (Å²) in [6.07, 6.45) is 19.0. The molecule has 3 atom stereocenters. The largest absolute Gasteiger partial charge is 0.480 e. The standard InChI is InChI=1S/C26H46NO10P/c1-3-4-5-6-7-8-9-10-11-12-13-14-15-16-17-18-25(30)27-24(26(31)32)21-37-38(33,34)36-20-23(29)19-35-22(2)28/h7-8,10-11,23-24,29H,3-6,9,12-21H2,1-2H3,(H,27,30)(H,31,32)(H,33,34)/b8-7-,11-10-. The van der Waals surface area contributed by atoms with E-state index in [1.54, 1.807) is 0 Å². The molecule has 0 aliphatic rings. The highest BCUT2D eigenvalue weighted by atomic mass is 31.2. The summed E-state index contributed by atoms with van der Waals surface area (Å²) in [5.74, 6) is -2.59. The molecule has 0 fully saturated rings. The van der Waals surface area contributed by atoms with Gasteiger partial charge in [-0.05, 0) is 38.5 Å². The van der Waals surface area contributed by atoms with Gasteiger partial charge in [0.15, 0.2) is 6.04 Å². The average molecular weight is 564 g/mol. The van der Waals surface area contributed by atoms with E-state index in [9.17, 15) is 34.1 Å². The van der Waals surface area contributed by atoms with Gasteiger partial charge >= 0.3 is 19.8 Å². The van der Waals surface area contributed by atoms with Crippen molar-refractivity contribution in [2.75, 3.05) is 19.8 Å². The highest BCUT2D eigenvalue weighted by molar-refractivity contribution is 7.47. The number of hydrogen-bond acceptors (Lipinski definition) is 8. The van der Waals surface area contributed by atoms with Crippen molar-refractivity contribution in [1.29, 1.82) is 0 Å². The van der Waals surface area contributed by atoms with E-state index >= 15 is 0 Å². The van der Waals surface area contributed by atoms with Crippen molar-refractivity contribution < 1.29 is 47.8 Å². The number of amides is 1. The van der Waals surface area contributed by atoms with Crippen LogP contribution in [0.1, 0.15) is 90.9 Å². The molecule has 0 aliphatic carbocycles. The summed E-state index contributed by atoms with van der Waals surface area (Å²) in [4.78, 5) is 43.8. The number of unbranched alkanes of at least 4 members (excludes halogenated alkanes) is 8. The number of phosphoric ester groups is 1. The maximum atomic E-state index is 12.1. The molecule has 0 bridgehead atoms. The van der Waals surface area contributed by atoms with Gasteiger partial charge in [0.2, 0.25) is 5.91 Å². The summed E-state index contributed by atoms with van der Waals surface area (Å²) >= 11 is 0. The molecule has 0 heterocycles. The van der Waals surface area contributed by atoms with Gasteiger partial charge in [0, 0.05) is 13.3 Å². The van der Waals surface area contributed by atoms with Crippen molar-refractivity contribution in [3.05, 3.63) is 24.3 Å². The number of nitrogens with one attached hydrogen (secondary N) is 1. The summed E-state index contributed by atoms with van der Waals surface area (Å²) in [6, 6.07) is -1.55. The van der Waals surface area contributed by atoms with E-state index in [0.29, 0.717) is 6.42 Å². The van der Waals surface area contributed by atoms with Gasteiger partial charge in [-0.2, -0.15) is 0 Å². The molecular weight excluding hydrogens is 517 g/mol. The molecule has 220 valence electrons. The number of aliphatic carboxylic acids is 1. The van der Waals surface area contributed by atoms with Gasteiger partial charge < -0.3 is 25.2 Å². The number of esters is 1. The molecule has 11 nitrogen and oxygen atoms in total. The minimum atomic E-state index is -4.71.